The van der Waals surface area contributed by atoms with Crippen molar-refractivity contribution in [3.8, 4) is 0 Å². The van der Waals surface area contributed by atoms with Crippen molar-refractivity contribution in [2.24, 2.45) is 4.99 Å². The SMILES string of the molecule is CCNC(=NCC(=O)NC(C)(C)C)NCCCN(C)CCOC. The molecule has 0 atom stereocenters. The largest absolute Gasteiger partial charge is 0.383 e. The molecule has 7 heteroatoms. The number of nitrogens with one attached hydrogen (secondary N) is 3. The Morgan fingerprint density at radius 3 is 2.48 bits per heavy atom. The van der Waals surface area contributed by atoms with E-state index < -0.39 is 0 Å². The van der Waals surface area contributed by atoms with E-state index >= 15 is 0 Å². The average Bonchev–Trinajstić information content (AvgIpc) is 2.45. The van der Waals surface area contributed by atoms with Crippen molar-refractivity contribution < 1.29 is 9.53 Å². The third kappa shape index (κ3) is 14.0. The van der Waals surface area contributed by atoms with Crippen LogP contribution in [0.4, 0.5) is 0 Å². The number of carbonyl (C=O) groups excluding carboxylic acids is 1. The quantitative estimate of drug-likeness (QED) is 0.308. The number of methoxy groups -OCH3 is 1. The number of carbonyl (C=O) groups is 1. The van der Waals surface area contributed by atoms with Crippen LogP contribution in [0.25, 0.3) is 0 Å². The maximum atomic E-state index is 11.8. The van der Waals surface area contributed by atoms with Gasteiger partial charge in [0.2, 0.25) is 5.91 Å². The van der Waals surface area contributed by atoms with Gasteiger partial charge in [-0.05, 0) is 47.7 Å². The zero-order valence-corrected chi connectivity index (χ0v) is 15.7. The number of hydrogen-bond acceptors (Lipinski definition) is 4. The molecule has 0 aliphatic rings. The second kappa shape index (κ2) is 12.1. The van der Waals surface area contributed by atoms with Gasteiger partial charge in [-0.15, -0.1) is 0 Å². The van der Waals surface area contributed by atoms with Crippen molar-refractivity contribution >= 4 is 11.9 Å². The minimum atomic E-state index is -0.231. The van der Waals surface area contributed by atoms with Gasteiger partial charge in [0.1, 0.15) is 6.54 Å². The Morgan fingerprint density at radius 1 is 1.22 bits per heavy atom. The van der Waals surface area contributed by atoms with E-state index in [1.165, 1.54) is 0 Å². The fourth-order valence-corrected chi connectivity index (χ4v) is 1.87. The number of nitrogens with zero attached hydrogens (tertiary/aromatic N) is 2. The van der Waals surface area contributed by atoms with Gasteiger partial charge < -0.3 is 25.6 Å². The summed E-state index contributed by atoms with van der Waals surface area (Å²) in [6.45, 7) is 12.2. The molecule has 1 amide bonds. The summed E-state index contributed by atoms with van der Waals surface area (Å²) in [6, 6.07) is 0. The monoisotopic (exact) mass is 329 g/mol. The molecule has 23 heavy (non-hydrogen) atoms. The molecule has 0 saturated carbocycles. The minimum absolute atomic E-state index is 0.0750. The van der Waals surface area contributed by atoms with Gasteiger partial charge in [0.05, 0.1) is 6.61 Å². The van der Waals surface area contributed by atoms with E-state index in [1.807, 2.05) is 27.7 Å². The van der Waals surface area contributed by atoms with E-state index in [2.05, 4.69) is 32.9 Å². The molecule has 136 valence electrons. The lowest BCUT2D eigenvalue weighted by molar-refractivity contribution is -0.121. The van der Waals surface area contributed by atoms with Gasteiger partial charge in [-0.3, -0.25) is 4.79 Å². The molecule has 0 aliphatic carbocycles. The number of amides is 1. The summed E-state index contributed by atoms with van der Waals surface area (Å²) in [5.41, 5.74) is -0.231. The Morgan fingerprint density at radius 2 is 1.91 bits per heavy atom. The van der Waals surface area contributed by atoms with Crippen molar-refractivity contribution in [2.75, 3.05) is 53.5 Å². The first-order valence-electron chi connectivity index (χ1n) is 8.29. The van der Waals surface area contributed by atoms with Gasteiger partial charge in [-0.1, -0.05) is 0 Å². The topological polar surface area (TPSA) is 78.0 Å². The van der Waals surface area contributed by atoms with E-state index in [0.29, 0.717) is 5.96 Å². The molecule has 0 aliphatic heterocycles. The Kier molecular flexibility index (Phi) is 11.4. The highest BCUT2D eigenvalue weighted by molar-refractivity contribution is 5.85. The van der Waals surface area contributed by atoms with Gasteiger partial charge in [-0.25, -0.2) is 4.99 Å². The molecule has 0 bridgehead atoms. The fourth-order valence-electron chi connectivity index (χ4n) is 1.87. The molecule has 0 aromatic carbocycles. The first-order valence-corrected chi connectivity index (χ1v) is 8.29. The summed E-state index contributed by atoms with van der Waals surface area (Å²) in [5, 5.41) is 9.30. The standard InChI is InChI=1S/C16H35N5O2/c1-7-17-15(19-13-14(22)20-16(2,3)4)18-9-8-10-21(5)11-12-23-6/h7-13H2,1-6H3,(H,20,22)(H2,17,18,19). The predicted octanol–water partition coefficient (Wildman–Crippen LogP) is 0.425. The molecule has 0 spiro atoms. The maximum Gasteiger partial charge on any atom is 0.242 e. The molecule has 3 N–H and O–H groups in total. The van der Waals surface area contributed by atoms with Crippen molar-refractivity contribution in [1.82, 2.24) is 20.9 Å². The second-order valence-corrected chi connectivity index (χ2v) is 6.57. The second-order valence-electron chi connectivity index (χ2n) is 6.57. The molecule has 0 rings (SSSR count). The fraction of sp³-hybridized carbons (Fsp3) is 0.875. The van der Waals surface area contributed by atoms with Gasteiger partial charge in [0.15, 0.2) is 5.96 Å². The third-order valence-electron chi connectivity index (χ3n) is 2.93. The zero-order chi connectivity index (χ0) is 17.7. The molecule has 0 unspecified atom stereocenters. The van der Waals surface area contributed by atoms with Crippen molar-refractivity contribution in [3.63, 3.8) is 0 Å². The Balaban J connectivity index is 4.10. The van der Waals surface area contributed by atoms with Gasteiger partial charge in [0, 0.05) is 32.3 Å². The predicted molar refractivity (Wildman–Crippen MR) is 95.9 cm³/mol. The summed E-state index contributed by atoms with van der Waals surface area (Å²) < 4.78 is 5.05. The molecule has 7 nitrogen and oxygen atoms in total. The van der Waals surface area contributed by atoms with E-state index in [4.69, 9.17) is 4.74 Å². The van der Waals surface area contributed by atoms with E-state index in [9.17, 15) is 4.79 Å². The highest BCUT2D eigenvalue weighted by Crippen LogP contribution is 1.97. The van der Waals surface area contributed by atoms with Crippen LogP contribution in [-0.4, -0.2) is 75.8 Å². The summed E-state index contributed by atoms with van der Waals surface area (Å²) in [5.74, 6) is 0.602. The molecule has 0 saturated heterocycles. The van der Waals surface area contributed by atoms with E-state index in [-0.39, 0.29) is 18.0 Å². The minimum Gasteiger partial charge on any atom is -0.383 e. The normalized spacial score (nSPS) is 12.4. The van der Waals surface area contributed by atoms with Gasteiger partial charge in [-0.2, -0.15) is 0 Å². The average molecular weight is 329 g/mol. The summed E-state index contributed by atoms with van der Waals surface area (Å²) in [6.07, 6.45) is 0.999. The molecule has 0 fully saturated rings. The zero-order valence-electron chi connectivity index (χ0n) is 15.7. The summed E-state index contributed by atoms with van der Waals surface area (Å²) in [7, 11) is 3.79. The third-order valence-corrected chi connectivity index (χ3v) is 2.93. The van der Waals surface area contributed by atoms with Crippen molar-refractivity contribution in [2.45, 2.75) is 39.7 Å². The number of aliphatic imine (C=N–C) groups is 1. The molecule has 0 aromatic rings. The van der Waals surface area contributed by atoms with Crippen LogP contribution in [0.3, 0.4) is 0 Å². The van der Waals surface area contributed by atoms with Crippen LogP contribution in [0.1, 0.15) is 34.1 Å². The molecular formula is C16H35N5O2. The molecule has 0 radical (unpaired) electrons. The first-order chi connectivity index (χ1) is 10.8. The van der Waals surface area contributed by atoms with E-state index in [0.717, 1.165) is 39.2 Å². The first kappa shape index (κ1) is 21.7. The number of ether oxygens (including phenoxy) is 1. The maximum absolute atomic E-state index is 11.8. The molecule has 0 aromatic heterocycles. The lowest BCUT2D eigenvalue weighted by Crippen LogP contribution is -2.43. The number of likely N-dealkylation sites (N-methyl/N-ethyl adjacent to an activating group) is 1. The summed E-state index contributed by atoms with van der Waals surface area (Å²) >= 11 is 0. The van der Waals surface area contributed by atoms with E-state index in [1.54, 1.807) is 7.11 Å². The van der Waals surface area contributed by atoms with Crippen molar-refractivity contribution in [3.05, 3.63) is 0 Å². The van der Waals surface area contributed by atoms with Crippen LogP contribution < -0.4 is 16.0 Å². The van der Waals surface area contributed by atoms with Crippen LogP contribution in [-0.2, 0) is 9.53 Å². The van der Waals surface area contributed by atoms with Crippen LogP contribution in [0.5, 0.6) is 0 Å². The van der Waals surface area contributed by atoms with Gasteiger partial charge in [0.25, 0.3) is 0 Å². The number of guanidine groups is 1. The Hall–Kier alpha value is -1.34. The van der Waals surface area contributed by atoms with Crippen LogP contribution in [0.15, 0.2) is 4.99 Å². The van der Waals surface area contributed by atoms with Crippen LogP contribution in [0.2, 0.25) is 0 Å². The number of rotatable bonds is 10. The van der Waals surface area contributed by atoms with Gasteiger partial charge >= 0.3 is 0 Å². The lowest BCUT2D eigenvalue weighted by atomic mass is 10.1. The molecule has 0 heterocycles. The number of hydrogen-bond donors (Lipinski definition) is 3. The smallest absolute Gasteiger partial charge is 0.242 e. The summed E-state index contributed by atoms with van der Waals surface area (Å²) in [4.78, 5) is 18.3. The Labute approximate surface area is 141 Å². The lowest BCUT2D eigenvalue weighted by Gasteiger charge is -2.20. The Bertz CT molecular complexity index is 353. The van der Waals surface area contributed by atoms with Crippen molar-refractivity contribution in [1.29, 1.82) is 0 Å². The molecular weight excluding hydrogens is 294 g/mol. The highest BCUT2D eigenvalue weighted by Gasteiger charge is 2.13. The van der Waals surface area contributed by atoms with Crippen LogP contribution in [0, 0.1) is 0 Å². The van der Waals surface area contributed by atoms with Crippen LogP contribution >= 0.6 is 0 Å². The highest BCUT2D eigenvalue weighted by atomic mass is 16.5.